The van der Waals surface area contributed by atoms with E-state index in [2.05, 4.69) is 103 Å². The minimum absolute atomic E-state index is 0.0234. The van der Waals surface area contributed by atoms with Crippen LogP contribution in [0.4, 0.5) is 35.3 Å². The van der Waals surface area contributed by atoms with Crippen LogP contribution in [-0.4, -0.2) is 117 Å². The Bertz CT molecular complexity index is 3660. The van der Waals surface area contributed by atoms with Crippen molar-refractivity contribution in [1.82, 2.24) is 44.9 Å². The molecule has 0 saturated heterocycles. The molecule has 9 N–H and O–H groups in total. The number of Topliss-reactive ketones (excluding diaryl/α,β-unsaturated/α-hetero) is 3. The van der Waals surface area contributed by atoms with Crippen LogP contribution in [0.25, 0.3) is 33.1 Å². The van der Waals surface area contributed by atoms with Gasteiger partial charge in [0, 0.05) is 90.6 Å². The van der Waals surface area contributed by atoms with E-state index in [-0.39, 0.29) is 51.4 Å². The molecule has 506 valence electrons. The largest absolute Gasteiger partial charge is 0.506 e. The fraction of sp³-hybridized carbons (Fsp3) is 0.478. The average molecular weight is 1310 g/mol. The molecule has 0 unspecified atom stereocenters. The number of ketones is 3. The van der Waals surface area contributed by atoms with Gasteiger partial charge in [-0.15, -0.1) is 0 Å². The van der Waals surface area contributed by atoms with Gasteiger partial charge in [0.05, 0.1) is 51.4 Å². The van der Waals surface area contributed by atoms with Gasteiger partial charge in [-0.05, 0) is 110 Å². The van der Waals surface area contributed by atoms with E-state index in [9.17, 15) is 24.6 Å². The third-order valence-electron chi connectivity index (χ3n) is 16.0. The maximum absolute atomic E-state index is 11.7. The van der Waals surface area contributed by atoms with Gasteiger partial charge in [-0.3, -0.25) is 0 Å². The van der Waals surface area contributed by atoms with E-state index in [1.54, 1.807) is 67.5 Å². The van der Waals surface area contributed by atoms with E-state index < -0.39 is 0 Å². The first-order valence-electron chi connectivity index (χ1n) is 31.9. The van der Waals surface area contributed by atoms with Crippen LogP contribution >= 0.6 is 11.6 Å². The lowest BCUT2D eigenvalue weighted by Crippen LogP contribution is -2.36. The molecule has 0 fully saturated rings. The quantitative estimate of drug-likeness (QED) is 0.0186. The third kappa shape index (κ3) is 22.3. The summed E-state index contributed by atoms with van der Waals surface area (Å²) < 4.78 is 21.6. The molecule has 0 aliphatic carbocycles. The van der Waals surface area contributed by atoms with Crippen molar-refractivity contribution in [2.75, 3.05) is 60.8 Å². The molecule has 6 aromatic heterocycles. The normalized spacial score (nSPS) is 13.0. The minimum Gasteiger partial charge on any atom is -0.506 e. The molecule has 0 spiro atoms. The number of carbonyl (C=O) groups excluding carboxylic acids is 3. The highest BCUT2D eigenvalue weighted by Gasteiger charge is 2.29. The summed E-state index contributed by atoms with van der Waals surface area (Å²) in [7, 11) is 6.46. The second-order valence-electron chi connectivity index (χ2n) is 24.4. The van der Waals surface area contributed by atoms with Crippen LogP contribution in [0.1, 0.15) is 170 Å². The number of nitrogen functional groups attached to an aromatic ring is 1. The highest BCUT2D eigenvalue weighted by atomic mass is 35.5. The van der Waals surface area contributed by atoms with Crippen molar-refractivity contribution in [3.8, 4) is 34.5 Å². The summed E-state index contributed by atoms with van der Waals surface area (Å²) in [6.07, 6.45) is 16.8. The SMILES string of the molecule is CCCC[C@](C)(CCC(C)=O)Nc1nc(N)nc2cc(O)cnc12.CCCC[C@](C)(CCC(C)=O)Nc1nc(NCc2ccc(OC)cc2OC)nc2cc(Cl)cnc12.CCCC[C@](C)(CCC(C)=O)Nc1nc(NCc2ccc(OC)cc2OC)nc2cc(O)cnc12. The number of ether oxygens (including phenoxy) is 4. The predicted octanol–water partition coefficient (Wildman–Crippen LogP) is 14.2. The van der Waals surface area contributed by atoms with Crippen LogP contribution < -0.4 is 51.3 Å². The molecule has 3 atom stereocenters. The lowest BCUT2D eigenvalue weighted by atomic mass is 9.89. The second-order valence-corrected chi connectivity index (χ2v) is 24.8. The van der Waals surface area contributed by atoms with E-state index >= 15 is 0 Å². The Kier molecular flexibility index (Phi) is 27.6. The number of nitrogens with two attached hydrogens (primary N) is 1. The Morgan fingerprint density at radius 1 is 0.489 bits per heavy atom. The number of unbranched alkanes of at least 4 members (excludes halogenated alkanes) is 3. The monoisotopic (exact) mass is 1310 g/mol. The van der Waals surface area contributed by atoms with Gasteiger partial charge in [0.1, 0.15) is 79.4 Å². The van der Waals surface area contributed by atoms with Crippen LogP contribution in [0.3, 0.4) is 0 Å². The van der Waals surface area contributed by atoms with Gasteiger partial charge in [0.25, 0.3) is 0 Å². The van der Waals surface area contributed by atoms with Gasteiger partial charge < -0.3 is 75.9 Å². The Morgan fingerprint density at radius 3 is 1.21 bits per heavy atom. The summed E-state index contributed by atoms with van der Waals surface area (Å²) in [6, 6.07) is 16.1. The van der Waals surface area contributed by atoms with Gasteiger partial charge in [0.2, 0.25) is 17.8 Å². The fourth-order valence-corrected chi connectivity index (χ4v) is 10.6. The lowest BCUT2D eigenvalue weighted by molar-refractivity contribution is -0.118. The summed E-state index contributed by atoms with van der Waals surface area (Å²) >= 11 is 6.22. The first-order valence-corrected chi connectivity index (χ1v) is 32.3. The number of anilines is 6. The van der Waals surface area contributed by atoms with Crippen molar-refractivity contribution in [1.29, 1.82) is 0 Å². The molecule has 8 rings (SSSR count). The van der Waals surface area contributed by atoms with Crippen LogP contribution in [0.2, 0.25) is 5.02 Å². The van der Waals surface area contributed by atoms with Gasteiger partial charge in [0.15, 0.2) is 17.5 Å². The van der Waals surface area contributed by atoms with Gasteiger partial charge in [-0.1, -0.05) is 70.9 Å². The van der Waals surface area contributed by atoms with E-state index in [4.69, 9.17) is 46.3 Å². The molecule has 0 amide bonds. The molecule has 8 aromatic rings. The molecule has 25 heteroatoms. The smallest absolute Gasteiger partial charge is 0.225 e. The average Bonchev–Trinajstić information content (AvgIpc) is 0.811. The minimum atomic E-state index is -0.348. The molecular weight excluding hydrogens is 1220 g/mol. The van der Waals surface area contributed by atoms with Gasteiger partial charge in [-0.25, -0.2) is 29.9 Å². The third-order valence-corrected chi connectivity index (χ3v) is 16.2. The van der Waals surface area contributed by atoms with Crippen molar-refractivity contribution in [3.05, 3.63) is 89.3 Å². The number of hydrogen-bond acceptors (Lipinski definition) is 24. The molecule has 0 radical (unpaired) electrons. The van der Waals surface area contributed by atoms with E-state index in [0.29, 0.717) is 136 Å². The van der Waals surface area contributed by atoms with Crippen LogP contribution in [0.5, 0.6) is 34.5 Å². The van der Waals surface area contributed by atoms with Crippen LogP contribution in [-0.2, 0) is 27.5 Å². The number of rotatable bonds is 34. The zero-order valence-electron chi connectivity index (χ0n) is 56.7. The molecule has 0 saturated carbocycles. The zero-order chi connectivity index (χ0) is 68.6. The van der Waals surface area contributed by atoms with Crippen molar-refractivity contribution < 1.29 is 43.5 Å². The maximum atomic E-state index is 11.7. The predicted molar refractivity (Wildman–Crippen MR) is 373 cm³/mol. The second kappa shape index (κ2) is 35.2. The number of aromatic hydroxyl groups is 2. The molecule has 0 bridgehead atoms. The van der Waals surface area contributed by atoms with E-state index in [0.717, 1.165) is 74.7 Å². The molecule has 2 aromatic carbocycles. The number of hydrogen-bond donors (Lipinski definition) is 8. The molecule has 6 heterocycles. The number of nitrogens with one attached hydrogen (secondary N) is 5. The summed E-state index contributed by atoms with van der Waals surface area (Å²) in [5.41, 5.74) is 10.0. The van der Waals surface area contributed by atoms with E-state index in [1.165, 1.54) is 18.5 Å². The molecular formula is C69H94ClN15O9. The summed E-state index contributed by atoms with van der Waals surface area (Å²) in [5, 5.41) is 37.2. The van der Waals surface area contributed by atoms with Crippen molar-refractivity contribution in [2.45, 2.75) is 188 Å². The molecule has 0 aliphatic heterocycles. The Labute approximate surface area is 556 Å². The highest BCUT2D eigenvalue weighted by molar-refractivity contribution is 6.31. The highest BCUT2D eigenvalue weighted by Crippen LogP contribution is 2.35. The summed E-state index contributed by atoms with van der Waals surface area (Å²) in [5.74, 6) is 5.98. The van der Waals surface area contributed by atoms with Crippen LogP contribution in [0.15, 0.2) is 73.2 Å². The molecule has 0 aliphatic rings. The molecule has 24 nitrogen and oxygen atoms in total. The van der Waals surface area contributed by atoms with Crippen LogP contribution in [0, 0.1) is 0 Å². The number of methoxy groups -OCH3 is 4. The number of aromatic nitrogens is 9. The first kappa shape index (κ1) is 73.9. The first-order chi connectivity index (χ1) is 44.9. The van der Waals surface area contributed by atoms with E-state index in [1.807, 2.05) is 36.4 Å². The number of fused-ring (bicyclic) bond motifs is 3. The lowest BCUT2D eigenvalue weighted by Gasteiger charge is -2.32. The molecule has 94 heavy (non-hydrogen) atoms. The van der Waals surface area contributed by atoms with Crippen molar-refractivity contribution in [2.24, 2.45) is 0 Å². The summed E-state index contributed by atoms with van der Waals surface area (Å²) in [4.78, 5) is 75.0. The van der Waals surface area contributed by atoms with Crippen molar-refractivity contribution in [3.63, 3.8) is 0 Å². The van der Waals surface area contributed by atoms with Gasteiger partial charge >= 0.3 is 0 Å². The summed E-state index contributed by atoms with van der Waals surface area (Å²) in [6.45, 7) is 18.5. The topological polar surface area (TPSA) is 331 Å². The Morgan fingerprint density at radius 2 is 0.851 bits per heavy atom. The number of halogens is 1. The number of carbonyl (C=O) groups is 3. The zero-order valence-corrected chi connectivity index (χ0v) is 57.4. The maximum Gasteiger partial charge on any atom is 0.225 e. The Balaban J connectivity index is 0.000000228. The van der Waals surface area contributed by atoms with Gasteiger partial charge in [-0.2, -0.15) is 15.0 Å². The standard InChI is InChI=1S/C26H34ClN5O3.C26H35N5O4.C17H25N5O2/c1-6-7-11-26(3,12-10-17(2)33)32-24-23-21(13-19(27)16-28-23)30-25(31-24)29-15-18-8-9-20(34-4)14-22(18)35-5;1-6-7-11-26(3,12-10-17(2)32)31-24-23-21(13-19(33)16-27-23)29-25(30-24)28-15-18-8-9-20(34-4)14-22(18)35-5;1-4-5-7-17(3,8-6-11(2)23)22-15-14-13(20-16(18)21-15)9-12(24)10-19-14/h8-9,13-14,16H,6-7,10-12,15H2,1-5H3,(H2,29,30,31,32);8-9,13-14,16,33H,6-7,10-12,15H2,1-5H3,(H2,28,29,30,31);9-10,24H,4-8H2,1-3H3,(H3,18,20,21,22)/t2*26-;17-/m111/s1. The Hall–Kier alpha value is -9.19. The fourth-order valence-electron chi connectivity index (χ4n) is 10.5. The number of nitrogens with zero attached hydrogens (tertiary/aromatic N) is 9. The number of pyridine rings is 3. The number of benzene rings is 2. The van der Waals surface area contributed by atoms with Crippen molar-refractivity contribution >= 4 is 97.3 Å².